The summed E-state index contributed by atoms with van der Waals surface area (Å²) in [4.78, 5) is 49.5. The van der Waals surface area contributed by atoms with Crippen LogP contribution >= 0.6 is 0 Å². The van der Waals surface area contributed by atoms with Crippen molar-refractivity contribution in [1.29, 1.82) is 0 Å². The molecule has 3 aromatic carbocycles. The smallest absolute Gasteiger partial charge is 0.331 e. The van der Waals surface area contributed by atoms with E-state index in [9.17, 15) is 23.2 Å². The predicted octanol–water partition coefficient (Wildman–Crippen LogP) is 4.07. The van der Waals surface area contributed by atoms with Gasteiger partial charge in [0.05, 0.1) is 12.1 Å². The van der Waals surface area contributed by atoms with E-state index in [0.717, 1.165) is 56.2 Å². The molecule has 0 unspecified atom stereocenters. The number of rotatable bonds is 10. The highest BCUT2D eigenvalue weighted by atomic mass is 19.2. The van der Waals surface area contributed by atoms with Crippen LogP contribution in [0.2, 0.25) is 0 Å². The highest BCUT2D eigenvalue weighted by Gasteiger charge is 2.17. The van der Waals surface area contributed by atoms with E-state index in [1.54, 1.807) is 12.3 Å². The van der Waals surface area contributed by atoms with Crippen LogP contribution in [0.25, 0.3) is 17.0 Å². The molecule has 0 radical (unpaired) electrons. The summed E-state index contributed by atoms with van der Waals surface area (Å²) in [7, 11) is 5.44. The van der Waals surface area contributed by atoms with Crippen molar-refractivity contribution in [3.8, 4) is 0 Å². The van der Waals surface area contributed by atoms with Gasteiger partial charge in [0.1, 0.15) is 5.56 Å². The van der Waals surface area contributed by atoms with E-state index in [4.69, 9.17) is 0 Å². The summed E-state index contributed by atoms with van der Waals surface area (Å²) in [6, 6.07) is 16.9. The van der Waals surface area contributed by atoms with Crippen LogP contribution in [0.15, 0.2) is 88.7 Å². The molecule has 0 fully saturated rings. The van der Waals surface area contributed by atoms with Crippen LogP contribution < -0.4 is 21.9 Å². The first kappa shape index (κ1) is 31.0. The van der Waals surface area contributed by atoms with E-state index in [-0.39, 0.29) is 24.2 Å². The van der Waals surface area contributed by atoms with Crippen molar-refractivity contribution in [2.75, 3.05) is 26.0 Å². The minimum atomic E-state index is -1.10. The number of carbonyl (C=O) groups excluding carboxylic acids is 1. The molecular formula is C33H31F2N7O3. The lowest BCUT2D eigenvalue weighted by Gasteiger charge is -2.11. The maximum absolute atomic E-state index is 13.6. The fourth-order valence-electron chi connectivity index (χ4n) is 4.69. The van der Waals surface area contributed by atoms with Crippen LogP contribution in [0.1, 0.15) is 27.0 Å². The number of hydrogen-bond donors (Lipinski definition) is 2. The number of amides is 1. The Labute approximate surface area is 257 Å². The summed E-state index contributed by atoms with van der Waals surface area (Å²) in [5, 5.41) is 6.70. The average molecular weight is 612 g/mol. The molecule has 0 aliphatic heterocycles. The summed E-state index contributed by atoms with van der Waals surface area (Å²) in [6.07, 6.45) is 6.41. The van der Waals surface area contributed by atoms with Gasteiger partial charge in [0.2, 0.25) is 5.95 Å². The SMILES string of the molecule is CN(C)Cc1ccc(Nc2ncc3cc(C=CCNC(=O)c4cn(C)c(=O)n(Cc5ccc(F)c(F)c5)c4=O)ccc3n2)cc1. The van der Waals surface area contributed by atoms with Gasteiger partial charge in [0.15, 0.2) is 11.6 Å². The first-order chi connectivity index (χ1) is 21.6. The predicted molar refractivity (Wildman–Crippen MR) is 169 cm³/mol. The second-order valence-electron chi connectivity index (χ2n) is 10.8. The fraction of sp³-hybridized carbons (Fsp3) is 0.182. The Morgan fingerprint density at radius 1 is 0.978 bits per heavy atom. The molecule has 45 heavy (non-hydrogen) atoms. The summed E-state index contributed by atoms with van der Waals surface area (Å²) >= 11 is 0. The maximum Gasteiger partial charge on any atom is 0.331 e. The lowest BCUT2D eigenvalue weighted by molar-refractivity contribution is 0.0954. The Hall–Kier alpha value is -5.49. The summed E-state index contributed by atoms with van der Waals surface area (Å²) in [5.74, 6) is -2.34. The molecule has 12 heteroatoms. The number of halogens is 2. The standard InChI is InChI=1S/C33H31F2N7O3/c1-40(2)18-22-6-10-25(11-7-22)38-32-37-17-24-15-21(9-13-29(24)39-32)5-4-14-36-30(43)26-20-41(3)33(45)42(31(26)44)19-23-8-12-27(34)28(35)16-23/h4-13,15-17,20H,14,18-19H2,1-3H3,(H,36,43)(H,37,38,39). The highest BCUT2D eigenvalue weighted by molar-refractivity contribution is 5.93. The molecule has 230 valence electrons. The normalized spacial score (nSPS) is 11.4. The van der Waals surface area contributed by atoms with Crippen molar-refractivity contribution in [1.82, 2.24) is 29.3 Å². The number of anilines is 2. The van der Waals surface area contributed by atoms with Crippen molar-refractivity contribution in [3.05, 3.63) is 134 Å². The van der Waals surface area contributed by atoms with E-state index in [1.165, 1.54) is 18.7 Å². The number of fused-ring (bicyclic) bond motifs is 1. The lowest BCUT2D eigenvalue weighted by atomic mass is 10.1. The van der Waals surface area contributed by atoms with E-state index >= 15 is 0 Å². The Kier molecular flexibility index (Phi) is 9.24. The topological polar surface area (TPSA) is 114 Å². The second kappa shape index (κ2) is 13.4. The Morgan fingerprint density at radius 2 is 1.73 bits per heavy atom. The van der Waals surface area contributed by atoms with Crippen LogP contribution in [0.4, 0.5) is 20.4 Å². The monoisotopic (exact) mass is 611 g/mol. The van der Waals surface area contributed by atoms with E-state index in [1.807, 2.05) is 50.5 Å². The quantitative estimate of drug-likeness (QED) is 0.245. The third kappa shape index (κ3) is 7.54. The Balaban J connectivity index is 1.22. The van der Waals surface area contributed by atoms with Gasteiger partial charge in [0.25, 0.3) is 11.5 Å². The average Bonchev–Trinajstić information content (AvgIpc) is 3.01. The van der Waals surface area contributed by atoms with E-state index in [0.29, 0.717) is 5.95 Å². The number of aromatic nitrogens is 4. The Morgan fingerprint density at radius 3 is 2.47 bits per heavy atom. The number of nitrogens with zero attached hydrogens (tertiary/aromatic N) is 5. The molecule has 0 saturated heterocycles. The van der Waals surface area contributed by atoms with Gasteiger partial charge in [0, 0.05) is 43.6 Å². The minimum Gasteiger partial charge on any atom is -0.348 e. The first-order valence-electron chi connectivity index (χ1n) is 14.0. The molecule has 2 N–H and O–H groups in total. The van der Waals surface area contributed by atoms with Gasteiger partial charge in [-0.05, 0) is 67.2 Å². The van der Waals surface area contributed by atoms with Gasteiger partial charge in [-0.1, -0.05) is 36.4 Å². The van der Waals surface area contributed by atoms with Gasteiger partial charge in [-0.15, -0.1) is 0 Å². The van der Waals surface area contributed by atoms with Gasteiger partial charge in [-0.25, -0.2) is 23.5 Å². The van der Waals surface area contributed by atoms with E-state index in [2.05, 4.69) is 37.6 Å². The van der Waals surface area contributed by atoms with E-state index < -0.39 is 28.8 Å². The zero-order valence-corrected chi connectivity index (χ0v) is 24.9. The number of benzene rings is 3. The zero-order valence-electron chi connectivity index (χ0n) is 24.9. The van der Waals surface area contributed by atoms with Crippen LogP contribution in [0.3, 0.4) is 0 Å². The lowest BCUT2D eigenvalue weighted by Crippen LogP contribution is -2.43. The summed E-state index contributed by atoms with van der Waals surface area (Å²) in [6.45, 7) is 0.641. The maximum atomic E-state index is 13.6. The zero-order chi connectivity index (χ0) is 32.1. The highest BCUT2D eigenvalue weighted by Crippen LogP contribution is 2.19. The summed E-state index contributed by atoms with van der Waals surface area (Å²) in [5.41, 5.74) is 2.12. The third-order valence-corrected chi connectivity index (χ3v) is 6.90. The largest absolute Gasteiger partial charge is 0.348 e. The summed E-state index contributed by atoms with van der Waals surface area (Å²) < 4.78 is 28.8. The van der Waals surface area contributed by atoms with Crippen molar-refractivity contribution in [3.63, 3.8) is 0 Å². The molecule has 0 bridgehead atoms. The number of aryl methyl sites for hydroxylation is 1. The molecule has 0 aliphatic carbocycles. The molecule has 5 aromatic rings. The van der Waals surface area contributed by atoms with Gasteiger partial charge < -0.3 is 20.1 Å². The van der Waals surface area contributed by atoms with Crippen molar-refractivity contribution in [2.45, 2.75) is 13.1 Å². The molecular weight excluding hydrogens is 580 g/mol. The number of hydrogen-bond acceptors (Lipinski definition) is 7. The fourth-order valence-corrected chi connectivity index (χ4v) is 4.69. The Bertz CT molecular complexity index is 2020. The van der Waals surface area contributed by atoms with Crippen molar-refractivity contribution < 1.29 is 13.6 Å². The molecule has 2 heterocycles. The molecule has 0 aliphatic rings. The van der Waals surface area contributed by atoms with Crippen LogP contribution in [0, 0.1) is 11.6 Å². The van der Waals surface area contributed by atoms with Crippen molar-refractivity contribution >= 4 is 34.5 Å². The molecule has 0 spiro atoms. The van der Waals surface area contributed by atoms with Crippen LogP contribution in [-0.4, -0.2) is 50.5 Å². The second-order valence-corrected chi connectivity index (χ2v) is 10.8. The van der Waals surface area contributed by atoms with Gasteiger partial charge in [-0.3, -0.25) is 14.2 Å². The molecule has 0 atom stereocenters. The molecule has 5 rings (SSSR count). The van der Waals surface area contributed by atoms with Gasteiger partial charge in [-0.2, -0.15) is 0 Å². The molecule has 10 nitrogen and oxygen atoms in total. The first-order valence-corrected chi connectivity index (χ1v) is 14.0. The third-order valence-electron chi connectivity index (χ3n) is 6.90. The number of carbonyl (C=O) groups is 1. The van der Waals surface area contributed by atoms with Gasteiger partial charge >= 0.3 is 5.69 Å². The van der Waals surface area contributed by atoms with Crippen LogP contribution in [-0.2, 0) is 20.1 Å². The molecule has 0 saturated carbocycles. The number of nitrogens with one attached hydrogen (secondary N) is 2. The minimum absolute atomic E-state index is 0.106. The van der Waals surface area contributed by atoms with Crippen LogP contribution in [0.5, 0.6) is 0 Å². The molecule has 2 aromatic heterocycles. The molecule has 1 amide bonds. The van der Waals surface area contributed by atoms with Crippen molar-refractivity contribution in [2.24, 2.45) is 7.05 Å².